The Morgan fingerprint density at radius 2 is 0.957 bits per heavy atom. The van der Waals surface area contributed by atoms with Crippen molar-refractivity contribution in [3.05, 3.63) is 145 Å². The molecule has 2 heterocycles. The molecule has 9 rings (SSSR count). The summed E-state index contributed by atoms with van der Waals surface area (Å²) in [7, 11) is 0. The smallest absolute Gasteiger partial charge is 0.232 e. The molecule has 0 fully saturated rings. The molecule has 2 N–H and O–H groups in total. The van der Waals surface area contributed by atoms with E-state index in [0.717, 1.165) is 44.0 Å². The normalized spacial score (nSPS) is 11.6. The lowest BCUT2D eigenvalue weighted by Gasteiger charge is -2.13. The first-order valence-electron chi connectivity index (χ1n) is 15.1. The summed E-state index contributed by atoms with van der Waals surface area (Å²) in [5.74, 6) is 1.49. The van der Waals surface area contributed by atoms with Gasteiger partial charge >= 0.3 is 0 Å². The van der Waals surface area contributed by atoms with Gasteiger partial charge in [0.25, 0.3) is 0 Å². The van der Waals surface area contributed by atoms with E-state index in [-0.39, 0.29) is 5.84 Å². The summed E-state index contributed by atoms with van der Waals surface area (Å²) in [6.07, 6.45) is 0. The number of anilines is 1. The van der Waals surface area contributed by atoms with Crippen molar-refractivity contribution in [2.75, 3.05) is 5.32 Å². The molecule has 9 aromatic rings. The first kappa shape index (κ1) is 26.0. The van der Waals surface area contributed by atoms with Gasteiger partial charge in [-0.15, -0.1) is 0 Å². The molecule has 0 radical (unpaired) electrons. The number of nitrogens with one attached hydrogen (secondary N) is 2. The monoisotopic (exact) mass is 591 g/mol. The van der Waals surface area contributed by atoms with Crippen LogP contribution in [0.5, 0.6) is 0 Å². The first-order valence-corrected chi connectivity index (χ1v) is 15.1. The molecular weight excluding hydrogens is 566 g/mol. The molecule has 0 aliphatic carbocycles. The number of amidine groups is 1. The van der Waals surface area contributed by atoms with E-state index in [1.165, 1.54) is 26.9 Å². The van der Waals surface area contributed by atoms with Gasteiger partial charge in [-0.2, -0.15) is 9.97 Å². The lowest BCUT2D eigenvalue weighted by molar-refractivity contribution is 0.669. The number of rotatable bonds is 4. The van der Waals surface area contributed by atoms with E-state index in [1.54, 1.807) is 0 Å². The second kappa shape index (κ2) is 10.4. The van der Waals surface area contributed by atoms with Crippen molar-refractivity contribution in [3.63, 3.8) is 0 Å². The predicted octanol–water partition coefficient (Wildman–Crippen LogP) is 10.0. The van der Waals surface area contributed by atoms with Crippen LogP contribution in [-0.4, -0.2) is 20.8 Å². The number of furan rings is 1. The van der Waals surface area contributed by atoms with E-state index >= 15 is 0 Å². The van der Waals surface area contributed by atoms with E-state index < -0.39 is 0 Å². The molecule has 7 aromatic carbocycles. The highest BCUT2D eigenvalue weighted by atomic mass is 16.3. The SMILES string of the molecule is N=C(Nc1nc(-c2ccc3c(c2)oc2ccccc23)nc(-c2ccc3c4ccccc4c4ccccc4c3c2)n1)c1ccccc1. The molecule has 0 saturated heterocycles. The minimum atomic E-state index is 0.201. The number of nitrogens with zero attached hydrogens (tertiary/aromatic N) is 3. The van der Waals surface area contributed by atoms with Crippen LogP contribution in [0.25, 0.3) is 77.0 Å². The van der Waals surface area contributed by atoms with Crippen molar-refractivity contribution < 1.29 is 4.42 Å². The molecular formula is C40H25N5O. The topological polar surface area (TPSA) is 87.7 Å². The molecule has 0 unspecified atom stereocenters. The van der Waals surface area contributed by atoms with Gasteiger partial charge in [0.1, 0.15) is 17.0 Å². The van der Waals surface area contributed by atoms with Gasteiger partial charge in [-0.3, -0.25) is 5.41 Å². The van der Waals surface area contributed by atoms with Crippen molar-refractivity contribution in [2.45, 2.75) is 0 Å². The zero-order valence-electron chi connectivity index (χ0n) is 24.5. The molecule has 0 amide bonds. The van der Waals surface area contributed by atoms with Crippen molar-refractivity contribution >= 4 is 66.0 Å². The molecule has 2 aromatic heterocycles. The molecule has 0 saturated carbocycles. The largest absolute Gasteiger partial charge is 0.456 e. The Morgan fingerprint density at radius 1 is 0.457 bits per heavy atom. The fourth-order valence-electron chi connectivity index (χ4n) is 6.39. The number of hydrogen-bond donors (Lipinski definition) is 2. The number of para-hydroxylation sites is 1. The predicted molar refractivity (Wildman–Crippen MR) is 187 cm³/mol. The quantitative estimate of drug-likeness (QED) is 0.121. The average Bonchev–Trinajstić information content (AvgIpc) is 3.50. The Morgan fingerprint density at radius 3 is 1.63 bits per heavy atom. The van der Waals surface area contributed by atoms with Gasteiger partial charge in [0, 0.05) is 27.5 Å². The van der Waals surface area contributed by atoms with Crippen LogP contribution in [0.1, 0.15) is 5.56 Å². The van der Waals surface area contributed by atoms with Crippen LogP contribution in [0.2, 0.25) is 0 Å². The van der Waals surface area contributed by atoms with Crippen molar-refractivity contribution in [1.82, 2.24) is 15.0 Å². The Hall–Kier alpha value is -6.40. The van der Waals surface area contributed by atoms with E-state index in [4.69, 9.17) is 24.8 Å². The summed E-state index contributed by atoms with van der Waals surface area (Å²) >= 11 is 0. The third-order valence-electron chi connectivity index (χ3n) is 8.57. The van der Waals surface area contributed by atoms with E-state index in [9.17, 15) is 0 Å². The Kier molecular flexibility index (Phi) is 5.86. The Labute approximate surface area is 263 Å². The van der Waals surface area contributed by atoms with Crippen molar-refractivity contribution in [2.24, 2.45) is 0 Å². The summed E-state index contributed by atoms with van der Waals surface area (Å²) in [6.45, 7) is 0. The second-order valence-corrected chi connectivity index (χ2v) is 11.3. The van der Waals surface area contributed by atoms with Crippen molar-refractivity contribution in [3.8, 4) is 22.8 Å². The van der Waals surface area contributed by atoms with Crippen LogP contribution in [0, 0.1) is 5.41 Å². The molecule has 0 aliphatic rings. The highest BCUT2D eigenvalue weighted by molar-refractivity contribution is 6.25. The fraction of sp³-hybridized carbons (Fsp3) is 0. The number of hydrogen-bond acceptors (Lipinski definition) is 5. The van der Waals surface area contributed by atoms with Gasteiger partial charge < -0.3 is 9.73 Å². The third-order valence-corrected chi connectivity index (χ3v) is 8.57. The van der Waals surface area contributed by atoms with Gasteiger partial charge in [-0.05, 0) is 56.6 Å². The fourth-order valence-corrected chi connectivity index (χ4v) is 6.39. The maximum absolute atomic E-state index is 8.74. The average molecular weight is 592 g/mol. The van der Waals surface area contributed by atoms with E-state index in [0.29, 0.717) is 17.6 Å². The molecule has 0 atom stereocenters. The first-order chi connectivity index (χ1) is 22.7. The summed E-state index contributed by atoms with van der Waals surface area (Å²) < 4.78 is 6.19. The summed E-state index contributed by atoms with van der Waals surface area (Å²) in [5, 5.41) is 21.1. The number of fused-ring (bicyclic) bond motifs is 9. The molecule has 6 heteroatoms. The standard InChI is InChI=1S/C40H25N5O/c41-37(24-10-2-1-3-11-24)42-40-44-38(43-39(45-40)26-19-21-33-32-16-8-9-17-35(32)46-36(33)23-26)25-18-20-31-29-14-5-4-12-27(29)28-13-6-7-15-30(28)34(31)22-25/h1-23H,(H2,41,42,43,44,45). The second-order valence-electron chi connectivity index (χ2n) is 11.3. The van der Waals surface area contributed by atoms with Gasteiger partial charge in [-0.25, -0.2) is 4.98 Å². The van der Waals surface area contributed by atoms with Crippen LogP contribution < -0.4 is 5.32 Å². The van der Waals surface area contributed by atoms with Crippen LogP contribution >= 0.6 is 0 Å². The van der Waals surface area contributed by atoms with Gasteiger partial charge in [-0.1, -0.05) is 115 Å². The van der Waals surface area contributed by atoms with Gasteiger partial charge in [0.2, 0.25) is 5.95 Å². The van der Waals surface area contributed by atoms with Crippen LogP contribution in [-0.2, 0) is 0 Å². The van der Waals surface area contributed by atoms with E-state index in [2.05, 4.69) is 78.1 Å². The molecule has 0 spiro atoms. The molecule has 46 heavy (non-hydrogen) atoms. The minimum absolute atomic E-state index is 0.201. The third kappa shape index (κ3) is 4.27. The molecule has 0 aliphatic heterocycles. The van der Waals surface area contributed by atoms with Crippen LogP contribution in [0.4, 0.5) is 5.95 Å². The summed E-state index contributed by atoms with van der Waals surface area (Å²) in [4.78, 5) is 14.6. The molecule has 216 valence electrons. The van der Waals surface area contributed by atoms with Gasteiger partial charge in [0.15, 0.2) is 11.6 Å². The zero-order valence-corrected chi connectivity index (χ0v) is 24.5. The zero-order chi connectivity index (χ0) is 30.6. The lowest BCUT2D eigenvalue weighted by Crippen LogP contribution is -2.15. The maximum atomic E-state index is 8.74. The highest BCUT2D eigenvalue weighted by Gasteiger charge is 2.16. The number of aromatic nitrogens is 3. The van der Waals surface area contributed by atoms with Crippen LogP contribution in [0.3, 0.4) is 0 Å². The van der Waals surface area contributed by atoms with Gasteiger partial charge in [0.05, 0.1) is 0 Å². The summed E-state index contributed by atoms with van der Waals surface area (Å²) in [5.41, 5.74) is 3.98. The molecule has 6 nitrogen and oxygen atoms in total. The maximum Gasteiger partial charge on any atom is 0.232 e. The Bertz CT molecular complexity index is 2610. The molecule has 0 bridgehead atoms. The van der Waals surface area contributed by atoms with E-state index in [1.807, 2.05) is 66.7 Å². The Balaban J connectivity index is 1.23. The van der Waals surface area contributed by atoms with Crippen molar-refractivity contribution in [1.29, 1.82) is 5.41 Å². The highest BCUT2D eigenvalue weighted by Crippen LogP contribution is 2.37. The summed E-state index contributed by atoms with van der Waals surface area (Å²) in [6, 6.07) is 47.0. The number of benzene rings is 7. The minimum Gasteiger partial charge on any atom is -0.456 e. The van der Waals surface area contributed by atoms with Crippen LogP contribution in [0.15, 0.2) is 144 Å². The lowest BCUT2D eigenvalue weighted by atomic mass is 9.93.